The highest BCUT2D eigenvalue weighted by Crippen LogP contribution is 2.36. The van der Waals surface area contributed by atoms with Gasteiger partial charge in [0.2, 0.25) is 0 Å². The van der Waals surface area contributed by atoms with Crippen molar-refractivity contribution >= 4 is 0 Å². The summed E-state index contributed by atoms with van der Waals surface area (Å²) in [6.45, 7) is 7.04. The topological polar surface area (TPSA) is 9.23 Å². The predicted octanol–water partition coefficient (Wildman–Crippen LogP) is 6.91. The zero-order valence-electron chi connectivity index (χ0n) is 15.9. The second-order valence-corrected chi connectivity index (χ2v) is 7.26. The van der Waals surface area contributed by atoms with E-state index in [1.54, 1.807) is 6.08 Å². The van der Waals surface area contributed by atoms with E-state index in [9.17, 15) is 0 Å². The van der Waals surface area contributed by atoms with Crippen LogP contribution in [0, 0.1) is 5.92 Å². The molecule has 136 valence electrons. The minimum Gasteiger partial charge on any atom is -0.373 e. The number of hydrogen-bond donors (Lipinski definition) is 0. The molecule has 0 unspecified atom stereocenters. The Morgan fingerprint density at radius 2 is 1.54 bits per heavy atom. The lowest BCUT2D eigenvalue weighted by molar-refractivity contribution is 0.149. The molecule has 0 bridgehead atoms. The van der Waals surface area contributed by atoms with Gasteiger partial charge in [-0.3, -0.25) is 0 Å². The second-order valence-electron chi connectivity index (χ2n) is 7.26. The van der Waals surface area contributed by atoms with Crippen molar-refractivity contribution in [3.63, 3.8) is 0 Å². The first kappa shape index (κ1) is 18.7. The molecule has 0 saturated heterocycles. The Labute approximate surface area is 158 Å². The summed E-state index contributed by atoms with van der Waals surface area (Å²) in [6.07, 6.45) is 11.6. The highest BCUT2D eigenvalue weighted by atomic mass is 16.5. The molecular weight excluding hydrogens is 316 g/mol. The van der Waals surface area contributed by atoms with Crippen LogP contribution in [0.25, 0.3) is 11.1 Å². The molecule has 0 atom stereocenters. The Morgan fingerprint density at radius 3 is 2.12 bits per heavy atom. The third-order valence-electron chi connectivity index (χ3n) is 5.41. The minimum absolute atomic E-state index is 0.597. The molecule has 1 nitrogen and oxygen atoms in total. The van der Waals surface area contributed by atoms with Gasteiger partial charge in [-0.2, -0.15) is 0 Å². The van der Waals surface area contributed by atoms with Crippen LogP contribution in [0.2, 0.25) is 0 Å². The molecule has 2 aromatic rings. The van der Waals surface area contributed by atoms with Gasteiger partial charge >= 0.3 is 0 Å². The highest BCUT2D eigenvalue weighted by molar-refractivity contribution is 5.64. The van der Waals surface area contributed by atoms with E-state index in [0.29, 0.717) is 13.2 Å². The molecule has 0 heterocycles. The van der Waals surface area contributed by atoms with Gasteiger partial charge in [0.1, 0.15) is 0 Å². The Kier molecular flexibility index (Phi) is 6.85. The van der Waals surface area contributed by atoms with E-state index in [1.807, 2.05) is 0 Å². The van der Waals surface area contributed by atoms with Crippen LogP contribution in [0.4, 0.5) is 0 Å². The molecule has 3 rings (SSSR count). The lowest BCUT2D eigenvalue weighted by Gasteiger charge is -2.27. The van der Waals surface area contributed by atoms with E-state index < -0.39 is 0 Å². The molecule has 0 spiro atoms. The Balaban J connectivity index is 1.60. The maximum absolute atomic E-state index is 5.50. The molecule has 0 aromatic heterocycles. The molecule has 1 heteroatoms. The average molecular weight is 347 g/mol. The van der Waals surface area contributed by atoms with Gasteiger partial charge in [-0.15, -0.1) is 6.58 Å². The van der Waals surface area contributed by atoms with Gasteiger partial charge in [-0.1, -0.05) is 66.8 Å². The van der Waals surface area contributed by atoms with E-state index in [1.165, 1.54) is 47.9 Å². The van der Waals surface area contributed by atoms with Crippen LogP contribution in [-0.4, -0.2) is 6.61 Å². The first-order chi connectivity index (χ1) is 12.8. The fourth-order valence-electron chi connectivity index (χ4n) is 3.92. The van der Waals surface area contributed by atoms with Crippen LogP contribution in [0.5, 0.6) is 0 Å². The third-order valence-corrected chi connectivity index (χ3v) is 5.41. The maximum Gasteiger partial charge on any atom is 0.0721 e. The van der Waals surface area contributed by atoms with Gasteiger partial charge in [0.05, 0.1) is 13.2 Å². The van der Waals surface area contributed by atoms with Crippen molar-refractivity contribution in [1.82, 2.24) is 0 Å². The normalized spacial score (nSPS) is 20.3. The lowest BCUT2D eigenvalue weighted by Crippen LogP contribution is -2.11. The predicted molar refractivity (Wildman–Crippen MR) is 111 cm³/mol. The first-order valence-electron chi connectivity index (χ1n) is 9.81. The van der Waals surface area contributed by atoms with Gasteiger partial charge in [-0.05, 0) is 66.7 Å². The Bertz CT molecular complexity index is 701. The molecule has 1 saturated carbocycles. The van der Waals surface area contributed by atoms with Gasteiger partial charge < -0.3 is 4.74 Å². The summed E-state index contributed by atoms with van der Waals surface area (Å²) < 4.78 is 5.50. The van der Waals surface area contributed by atoms with Gasteiger partial charge in [-0.25, -0.2) is 0 Å². The SMILES string of the molecule is C=CCOCc1ccc(-c2ccc(C3CCC(C=CC)CC3)cc2)cc1. The van der Waals surface area contributed by atoms with Crippen molar-refractivity contribution in [3.8, 4) is 11.1 Å². The summed E-state index contributed by atoms with van der Waals surface area (Å²) in [6, 6.07) is 17.9. The van der Waals surface area contributed by atoms with Crippen molar-refractivity contribution in [2.24, 2.45) is 5.92 Å². The summed E-state index contributed by atoms with van der Waals surface area (Å²) in [5, 5.41) is 0. The number of allylic oxidation sites excluding steroid dienone is 2. The van der Waals surface area contributed by atoms with Crippen LogP contribution in [0.1, 0.15) is 49.7 Å². The van der Waals surface area contributed by atoms with Gasteiger partial charge in [0, 0.05) is 0 Å². The van der Waals surface area contributed by atoms with Crippen molar-refractivity contribution in [3.05, 3.63) is 84.5 Å². The van der Waals surface area contributed by atoms with Crippen molar-refractivity contribution in [2.45, 2.75) is 45.1 Å². The van der Waals surface area contributed by atoms with Crippen LogP contribution in [0.15, 0.2) is 73.3 Å². The summed E-state index contributed by atoms with van der Waals surface area (Å²) in [5.41, 5.74) is 5.25. The molecule has 1 aliphatic rings. The summed E-state index contributed by atoms with van der Waals surface area (Å²) >= 11 is 0. The average Bonchev–Trinajstić information content (AvgIpc) is 2.70. The van der Waals surface area contributed by atoms with E-state index in [-0.39, 0.29) is 0 Å². The molecule has 0 radical (unpaired) electrons. The summed E-state index contributed by atoms with van der Waals surface area (Å²) in [7, 11) is 0. The van der Waals surface area contributed by atoms with Gasteiger partial charge in [0.15, 0.2) is 0 Å². The molecule has 1 fully saturated rings. The van der Waals surface area contributed by atoms with Crippen LogP contribution in [0.3, 0.4) is 0 Å². The zero-order chi connectivity index (χ0) is 18.2. The molecule has 1 aliphatic carbocycles. The maximum atomic E-state index is 5.50. The van der Waals surface area contributed by atoms with E-state index in [2.05, 4.69) is 74.2 Å². The fraction of sp³-hybridized carbons (Fsp3) is 0.360. The Hall–Kier alpha value is -2.12. The van der Waals surface area contributed by atoms with Crippen LogP contribution in [-0.2, 0) is 11.3 Å². The molecule has 26 heavy (non-hydrogen) atoms. The third kappa shape index (κ3) is 4.95. The van der Waals surface area contributed by atoms with Crippen molar-refractivity contribution in [2.75, 3.05) is 6.61 Å². The molecule has 0 amide bonds. The lowest BCUT2D eigenvalue weighted by atomic mass is 9.78. The minimum atomic E-state index is 0.597. The Morgan fingerprint density at radius 1 is 0.923 bits per heavy atom. The zero-order valence-corrected chi connectivity index (χ0v) is 15.9. The molecular formula is C25H30O. The number of hydrogen-bond acceptors (Lipinski definition) is 1. The number of rotatable bonds is 7. The summed E-state index contributed by atoms with van der Waals surface area (Å²) in [4.78, 5) is 0. The van der Waals surface area contributed by atoms with E-state index in [0.717, 1.165) is 11.8 Å². The van der Waals surface area contributed by atoms with Crippen molar-refractivity contribution < 1.29 is 4.74 Å². The molecule has 2 aromatic carbocycles. The van der Waals surface area contributed by atoms with E-state index >= 15 is 0 Å². The quantitative estimate of drug-likeness (QED) is 0.391. The van der Waals surface area contributed by atoms with Crippen LogP contribution < -0.4 is 0 Å². The second kappa shape index (κ2) is 9.54. The fourth-order valence-corrected chi connectivity index (χ4v) is 3.92. The van der Waals surface area contributed by atoms with E-state index in [4.69, 9.17) is 4.74 Å². The summed E-state index contributed by atoms with van der Waals surface area (Å²) in [5.74, 6) is 1.53. The molecule has 0 aliphatic heterocycles. The monoisotopic (exact) mass is 346 g/mol. The molecule has 0 N–H and O–H groups in total. The largest absolute Gasteiger partial charge is 0.373 e. The number of ether oxygens (including phenoxy) is 1. The standard InChI is InChI=1S/C25H30O/c1-3-5-20-6-10-22(11-7-20)24-14-16-25(17-15-24)23-12-8-21(9-13-23)19-26-18-4-2/h3-5,8-9,12-17,20,22H,2,6-7,10-11,18-19H2,1H3. The number of benzene rings is 2. The van der Waals surface area contributed by atoms with Crippen molar-refractivity contribution in [1.29, 1.82) is 0 Å². The van der Waals surface area contributed by atoms with Crippen LogP contribution >= 0.6 is 0 Å². The first-order valence-corrected chi connectivity index (χ1v) is 9.81. The van der Waals surface area contributed by atoms with Gasteiger partial charge in [0.25, 0.3) is 0 Å². The smallest absolute Gasteiger partial charge is 0.0721 e. The highest BCUT2D eigenvalue weighted by Gasteiger charge is 2.20.